The molecule has 2 rings (SSSR count). The monoisotopic (exact) mass is 299 g/mol. The van der Waals surface area contributed by atoms with Crippen molar-refractivity contribution >= 4 is 28.9 Å². The third-order valence-corrected chi connectivity index (χ3v) is 3.31. The van der Waals surface area contributed by atoms with Crippen LogP contribution >= 0.6 is 23.2 Å². The molecular weight excluding hydrogens is 288 g/mol. The topological polar surface area (TPSA) is 32.3 Å². The second-order valence-electron chi connectivity index (χ2n) is 4.23. The molecular formula is C14H12Cl2FNO. The van der Waals surface area contributed by atoms with Gasteiger partial charge in [-0.3, -0.25) is 0 Å². The van der Waals surface area contributed by atoms with Crippen LogP contribution < -0.4 is 5.32 Å². The maximum Gasteiger partial charge on any atom is 0.152 e. The first-order chi connectivity index (χ1) is 8.97. The van der Waals surface area contributed by atoms with E-state index in [1.165, 1.54) is 6.07 Å². The molecule has 0 unspecified atom stereocenters. The third kappa shape index (κ3) is 3.31. The van der Waals surface area contributed by atoms with Crippen molar-refractivity contribution < 1.29 is 9.50 Å². The first kappa shape index (κ1) is 14.0. The van der Waals surface area contributed by atoms with E-state index >= 15 is 0 Å². The van der Waals surface area contributed by atoms with Crippen LogP contribution in [0.3, 0.4) is 0 Å². The maximum atomic E-state index is 13.1. The highest BCUT2D eigenvalue weighted by Crippen LogP contribution is 2.34. The van der Waals surface area contributed by atoms with Gasteiger partial charge in [-0.2, -0.15) is 0 Å². The van der Waals surface area contributed by atoms with Gasteiger partial charge in [-0.25, -0.2) is 4.39 Å². The van der Waals surface area contributed by atoms with E-state index < -0.39 is 0 Å². The molecule has 0 aromatic heterocycles. The molecule has 100 valence electrons. The molecule has 2 aromatic carbocycles. The fourth-order valence-corrected chi connectivity index (χ4v) is 2.18. The van der Waals surface area contributed by atoms with Crippen LogP contribution in [-0.4, -0.2) is 5.11 Å². The summed E-state index contributed by atoms with van der Waals surface area (Å²) in [5.41, 5.74) is 2.23. The Morgan fingerprint density at radius 3 is 2.37 bits per heavy atom. The number of aromatic hydroxyl groups is 1. The maximum absolute atomic E-state index is 13.1. The first-order valence-electron chi connectivity index (χ1n) is 5.64. The average molecular weight is 300 g/mol. The standard InChI is InChI=1S/C14H12Cl2FNO/c1-8-4-9(2-3-13(8)17)7-18-10-5-11(15)14(19)12(16)6-10/h2-6,18-19H,7H2,1H3. The number of halogens is 3. The molecule has 19 heavy (non-hydrogen) atoms. The largest absolute Gasteiger partial charge is 0.505 e. The summed E-state index contributed by atoms with van der Waals surface area (Å²) in [7, 11) is 0. The van der Waals surface area contributed by atoms with Crippen LogP contribution in [0.25, 0.3) is 0 Å². The van der Waals surface area contributed by atoms with Crippen LogP contribution in [0, 0.1) is 12.7 Å². The van der Waals surface area contributed by atoms with E-state index in [-0.39, 0.29) is 21.6 Å². The Hall–Kier alpha value is -1.45. The Bertz CT molecular complexity index is 593. The van der Waals surface area contributed by atoms with E-state index in [4.69, 9.17) is 23.2 Å². The van der Waals surface area contributed by atoms with E-state index in [2.05, 4.69) is 5.32 Å². The molecule has 0 saturated carbocycles. The Labute approximate surface area is 120 Å². The normalized spacial score (nSPS) is 10.5. The summed E-state index contributed by atoms with van der Waals surface area (Å²) in [6, 6.07) is 8.08. The van der Waals surface area contributed by atoms with Crippen LogP contribution in [0.15, 0.2) is 30.3 Å². The van der Waals surface area contributed by atoms with Crippen LogP contribution in [0.2, 0.25) is 10.0 Å². The molecule has 0 radical (unpaired) electrons. The second kappa shape index (κ2) is 5.68. The summed E-state index contributed by atoms with van der Waals surface area (Å²) in [4.78, 5) is 0. The Balaban J connectivity index is 2.12. The van der Waals surface area contributed by atoms with Crippen molar-refractivity contribution in [1.29, 1.82) is 0 Å². The molecule has 0 aliphatic rings. The van der Waals surface area contributed by atoms with Crippen LogP contribution in [0.5, 0.6) is 5.75 Å². The zero-order valence-corrected chi connectivity index (χ0v) is 11.7. The molecule has 0 spiro atoms. The SMILES string of the molecule is Cc1cc(CNc2cc(Cl)c(O)c(Cl)c2)ccc1F. The minimum absolute atomic E-state index is 0.133. The fourth-order valence-electron chi connectivity index (χ4n) is 1.69. The minimum atomic E-state index is -0.223. The van der Waals surface area contributed by atoms with Gasteiger partial charge in [-0.1, -0.05) is 35.3 Å². The van der Waals surface area contributed by atoms with Gasteiger partial charge in [0.05, 0.1) is 10.0 Å². The van der Waals surface area contributed by atoms with Crippen LogP contribution in [0.4, 0.5) is 10.1 Å². The van der Waals surface area contributed by atoms with E-state index in [0.29, 0.717) is 17.8 Å². The van der Waals surface area contributed by atoms with Crippen molar-refractivity contribution in [2.75, 3.05) is 5.32 Å². The number of phenols is 1. The van der Waals surface area contributed by atoms with Crippen molar-refractivity contribution in [1.82, 2.24) is 0 Å². The molecule has 0 fully saturated rings. The van der Waals surface area contributed by atoms with Gasteiger partial charge in [-0.15, -0.1) is 0 Å². The van der Waals surface area contributed by atoms with E-state index in [9.17, 15) is 9.50 Å². The highest BCUT2D eigenvalue weighted by atomic mass is 35.5. The number of phenolic OH excluding ortho intramolecular Hbond substituents is 1. The molecule has 0 amide bonds. The molecule has 0 aliphatic carbocycles. The van der Waals surface area contributed by atoms with Gasteiger partial charge in [0.2, 0.25) is 0 Å². The number of hydrogen-bond acceptors (Lipinski definition) is 2. The molecule has 0 bridgehead atoms. The lowest BCUT2D eigenvalue weighted by Crippen LogP contribution is -2.00. The lowest BCUT2D eigenvalue weighted by atomic mass is 10.1. The predicted molar refractivity (Wildman–Crippen MR) is 76.6 cm³/mol. The second-order valence-corrected chi connectivity index (χ2v) is 5.04. The van der Waals surface area contributed by atoms with Crippen LogP contribution in [-0.2, 0) is 6.54 Å². The van der Waals surface area contributed by atoms with E-state index in [1.54, 1.807) is 31.2 Å². The summed E-state index contributed by atoms with van der Waals surface area (Å²) >= 11 is 11.6. The first-order valence-corrected chi connectivity index (χ1v) is 6.40. The smallest absolute Gasteiger partial charge is 0.152 e. The van der Waals surface area contributed by atoms with Gasteiger partial charge in [-0.05, 0) is 36.2 Å². The Morgan fingerprint density at radius 1 is 1.16 bits per heavy atom. The molecule has 0 heterocycles. The summed E-state index contributed by atoms with van der Waals surface area (Å²) in [5, 5.41) is 12.9. The number of anilines is 1. The lowest BCUT2D eigenvalue weighted by molar-refractivity contribution is 0.476. The van der Waals surface area contributed by atoms with E-state index in [0.717, 1.165) is 5.56 Å². The van der Waals surface area contributed by atoms with Gasteiger partial charge in [0, 0.05) is 12.2 Å². The van der Waals surface area contributed by atoms with Crippen molar-refractivity contribution in [3.05, 3.63) is 57.3 Å². The molecule has 5 heteroatoms. The van der Waals surface area contributed by atoms with Crippen molar-refractivity contribution in [2.24, 2.45) is 0 Å². The van der Waals surface area contributed by atoms with Gasteiger partial charge in [0.1, 0.15) is 5.82 Å². The number of benzene rings is 2. The molecule has 0 atom stereocenters. The summed E-state index contributed by atoms with van der Waals surface area (Å²) in [6.07, 6.45) is 0. The van der Waals surface area contributed by atoms with Crippen molar-refractivity contribution in [3.63, 3.8) is 0 Å². The van der Waals surface area contributed by atoms with Gasteiger partial charge < -0.3 is 10.4 Å². The number of hydrogen-bond donors (Lipinski definition) is 2. The van der Waals surface area contributed by atoms with Gasteiger partial charge in [0.15, 0.2) is 5.75 Å². The van der Waals surface area contributed by atoms with Crippen LogP contribution in [0.1, 0.15) is 11.1 Å². The predicted octanol–water partition coefficient (Wildman–Crippen LogP) is 4.76. The summed E-state index contributed by atoms with van der Waals surface area (Å²) in [5.74, 6) is -0.356. The molecule has 2 aromatic rings. The zero-order valence-electron chi connectivity index (χ0n) is 10.2. The number of aryl methyl sites for hydroxylation is 1. The van der Waals surface area contributed by atoms with Crippen molar-refractivity contribution in [3.8, 4) is 5.75 Å². The third-order valence-electron chi connectivity index (χ3n) is 2.74. The Kier molecular flexibility index (Phi) is 4.17. The fraction of sp³-hybridized carbons (Fsp3) is 0.143. The molecule has 0 saturated heterocycles. The molecule has 2 N–H and O–H groups in total. The number of nitrogens with one attached hydrogen (secondary N) is 1. The Morgan fingerprint density at radius 2 is 1.79 bits per heavy atom. The quantitative estimate of drug-likeness (QED) is 0.801. The minimum Gasteiger partial charge on any atom is -0.505 e. The van der Waals surface area contributed by atoms with Crippen molar-refractivity contribution in [2.45, 2.75) is 13.5 Å². The lowest BCUT2D eigenvalue weighted by Gasteiger charge is -2.09. The highest BCUT2D eigenvalue weighted by Gasteiger charge is 2.06. The summed E-state index contributed by atoms with van der Waals surface area (Å²) < 4.78 is 13.1. The van der Waals surface area contributed by atoms with Gasteiger partial charge in [0.25, 0.3) is 0 Å². The molecule has 2 nitrogen and oxygen atoms in total. The summed E-state index contributed by atoms with van der Waals surface area (Å²) in [6.45, 7) is 2.23. The van der Waals surface area contributed by atoms with E-state index in [1.807, 2.05) is 0 Å². The number of rotatable bonds is 3. The zero-order chi connectivity index (χ0) is 14.0. The highest BCUT2D eigenvalue weighted by molar-refractivity contribution is 6.37. The average Bonchev–Trinajstić information content (AvgIpc) is 2.37. The molecule has 0 aliphatic heterocycles. The van der Waals surface area contributed by atoms with Gasteiger partial charge >= 0.3 is 0 Å².